The molecule has 0 aromatic heterocycles. The molecule has 0 radical (unpaired) electrons. The van der Waals surface area contributed by atoms with Crippen LogP contribution in [-0.2, 0) is 4.74 Å². The Morgan fingerprint density at radius 3 is 2.50 bits per heavy atom. The number of amides is 1. The first-order valence-electron chi connectivity index (χ1n) is 10.0. The van der Waals surface area contributed by atoms with Gasteiger partial charge in [0.05, 0.1) is 13.2 Å². The molecule has 2 fully saturated rings. The standard InChI is InChI=1S/C21H33N3O2/c1-16(2)20(24-10-12-26-13-11-24)15-22-21(25)18-7-6-17(3)19(14-18)23-8-4-5-9-23/h6-7,14,16,20H,4-5,8-13,15H2,1-3H3,(H,22,25)/t20-/m0/s1. The van der Waals surface area contributed by atoms with Gasteiger partial charge in [0.25, 0.3) is 5.91 Å². The zero-order valence-electron chi connectivity index (χ0n) is 16.5. The number of aryl methyl sites for hydroxylation is 1. The molecule has 1 amide bonds. The van der Waals surface area contributed by atoms with Crippen LogP contribution in [0.2, 0.25) is 0 Å². The maximum atomic E-state index is 12.8. The molecular weight excluding hydrogens is 326 g/mol. The monoisotopic (exact) mass is 359 g/mol. The number of nitrogens with one attached hydrogen (secondary N) is 1. The van der Waals surface area contributed by atoms with Crippen molar-refractivity contribution in [2.24, 2.45) is 5.92 Å². The van der Waals surface area contributed by atoms with E-state index in [2.05, 4.69) is 48.0 Å². The van der Waals surface area contributed by atoms with E-state index in [1.165, 1.54) is 24.1 Å². The summed E-state index contributed by atoms with van der Waals surface area (Å²) in [6, 6.07) is 6.44. The van der Waals surface area contributed by atoms with Crippen LogP contribution in [0, 0.1) is 12.8 Å². The van der Waals surface area contributed by atoms with Gasteiger partial charge in [-0.05, 0) is 43.4 Å². The van der Waals surface area contributed by atoms with Crippen molar-refractivity contribution in [1.82, 2.24) is 10.2 Å². The maximum absolute atomic E-state index is 12.8. The highest BCUT2D eigenvalue weighted by Crippen LogP contribution is 2.25. The Morgan fingerprint density at radius 2 is 1.85 bits per heavy atom. The number of rotatable bonds is 6. The van der Waals surface area contributed by atoms with Gasteiger partial charge in [0.2, 0.25) is 0 Å². The van der Waals surface area contributed by atoms with Gasteiger partial charge in [-0.1, -0.05) is 19.9 Å². The summed E-state index contributed by atoms with van der Waals surface area (Å²) in [5.41, 5.74) is 3.22. The van der Waals surface area contributed by atoms with Gasteiger partial charge in [-0.3, -0.25) is 9.69 Å². The lowest BCUT2D eigenvalue weighted by Gasteiger charge is -2.37. The van der Waals surface area contributed by atoms with Gasteiger partial charge in [-0.2, -0.15) is 0 Å². The van der Waals surface area contributed by atoms with Gasteiger partial charge in [0.15, 0.2) is 0 Å². The van der Waals surface area contributed by atoms with Crippen LogP contribution in [0.4, 0.5) is 5.69 Å². The zero-order chi connectivity index (χ0) is 18.5. The lowest BCUT2D eigenvalue weighted by molar-refractivity contribution is 0.00673. The van der Waals surface area contributed by atoms with E-state index in [0.717, 1.165) is 45.0 Å². The average Bonchev–Trinajstić information content (AvgIpc) is 3.17. The van der Waals surface area contributed by atoms with Gasteiger partial charge in [0, 0.05) is 50.0 Å². The number of ether oxygens (including phenoxy) is 1. The van der Waals surface area contributed by atoms with Crippen molar-refractivity contribution >= 4 is 11.6 Å². The molecule has 1 aromatic rings. The molecule has 144 valence electrons. The van der Waals surface area contributed by atoms with Gasteiger partial charge in [-0.25, -0.2) is 0 Å². The fourth-order valence-electron chi connectivity index (χ4n) is 4.04. The third kappa shape index (κ3) is 4.57. The third-order valence-corrected chi connectivity index (χ3v) is 5.67. The van der Waals surface area contributed by atoms with Crippen LogP contribution in [0.15, 0.2) is 18.2 Å². The molecule has 5 heteroatoms. The number of morpholine rings is 1. The first-order chi connectivity index (χ1) is 12.6. The maximum Gasteiger partial charge on any atom is 0.251 e. The Labute approximate surface area is 157 Å². The minimum atomic E-state index is 0.0318. The van der Waals surface area contributed by atoms with Crippen molar-refractivity contribution in [3.8, 4) is 0 Å². The molecular formula is C21H33N3O2. The van der Waals surface area contributed by atoms with E-state index in [1.54, 1.807) is 0 Å². The summed E-state index contributed by atoms with van der Waals surface area (Å²) < 4.78 is 5.46. The van der Waals surface area contributed by atoms with Crippen molar-refractivity contribution in [3.63, 3.8) is 0 Å². The summed E-state index contributed by atoms with van der Waals surface area (Å²) in [7, 11) is 0. The highest BCUT2D eigenvalue weighted by atomic mass is 16.5. The highest BCUT2D eigenvalue weighted by Gasteiger charge is 2.24. The Morgan fingerprint density at radius 1 is 1.15 bits per heavy atom. The molecule has 0 bridgehead atoms. The fraction of sp³-hybridized carbons (Fsp3) is 0.667. The van der Waals surface area contributed by atoms with Gasteiger partial charge < -0.3 is 15.0 Å². The second kappa shape index (κ2) is 8.87. The van der Waals surface area contributed by atoms with Crippen molar-refractivity contribution in [2.45, 2.75) is 39.7 Å². The Hall–Kier alpha value is -1.59. The number of hydrogen-bond acceptors (Lipinski definition) is 4. The SMILES string of the molecule is Cc1ccc(C(=O)NC[C@@H](C(C)C)N2CCOCC2)cc1N1CCCC1. The van der Waals surface area contributed by atoms with Crippen LogP contribution in [0.5, 0.6) is 0 Å². The summed E-state index contributed by atoms with van der Waals surface area (Å²) in [5.74, 6) is 0.524. The van der Waals surface area contributed by atoms with E-state index in [4.69, 9.17) is 4.74 Å². The normalized spacial score (nSPS) is 19.8. The first-order valence-corrected chi connectivity index (χ1v) is 10.0. The predicted molar refractivity (Wildman–Crippen MR) is 106 cm³/mol. The minimum Gasteiger partial charge on any atom is -0.379 e. The smallest absolute Gasteiger partial charge is 0.251 e. The molecule has 26 heavy (non-hydrogen) atoms. The quantitative estimate of drug-likeness (QED) is 0.848. The van der Waals surface area contributed by atoms with E-state index in [-0.39, 0.29) is 5.91 Å². The summed E-state index contributed by atoms with van der Waals surface area (Å²) >= 11 is 0. The van der Waals surface area contributed by atoms with E-state index in [0.29, 0.717) is 18.5 Å². The summed E-state index contributed by atoms with van der Waals surface area (Å²) in [4.78, 5) is 17.6. The van der Waals surface area contributed by atoms with Crippen LogP contribution in [0.25, 0.3) is 0 Å². The third-order valence-electron chi connectivity index (χ3n) is 5.67. The Balaban J connectivity index is 1.64. The number of carbonyl (C=O) groups excluding carboxylic acids is 1. The molecule has 2 heterocycles. The zero-order valence-corrected chi connectivity index (χ0v) is 16.5. The second-order valence-electron chi connectivity index (χ2n) is 7.87. The van der Waals surface area contributed by atoms with Crippen LogP contribution >= 0.6 is 0 Å². The predicted octanol–water partition coefficient (Wildman–Crippen LogP) is 2.68. The molecule has 1 aromatic carbocycles. The van der Waals surface area contributed by atoms with E-state index in [1.807, 2.05) is 6.07 Å². The van der Waals surface area contributed by atoms with Gasteiger partial charge in [-0.15, -0.1) is 0 Å². The highest BCUT2D eigenvalue weighted by molar-refractivity contribution is 5.95. The van der Waals surface area contributed by atoms with E-state index >= 15 is 0 Å². The number of nitrogens with zero attached hydrogens (tertiary/aromatic N) is 2. The van der Waals surface area contributed by atoms with Crippen LogP contribution in [-0.4, -0.2) is 62.8 Å². The van der Waals surface area contributed by atoms with Gasteiger partial charge in [0.1, 0.15) is 0 Å². The van der Waals surface area contributed by atoms with Crippen LogP contribution < -0.4 is 10.2 Å². The average molecular weight is 360 g/mol. The largest absolute Gasteiger partial charge is 0.379 e. The molecule has 5 nitrogen and oxygen atoms in total. The number of anilines is 1. The lowest BCUT2D eigenvalue weighted by atomic mass is 10.0. The van der Waals surface area contributed by atoms with Crippen molar-refractivity contribution in [1.29, 1.82) is 0 Å². The molecule has 2 saturated heterocycles. The van der Waals surface area contributed by atoms with Gasteiger partial charge >= 0.3 is 0 Å². The molecule has 1 atom stereocenters. The molecule has 0 saturated carbocycles. The Kier molecular flexibility index (Phi) is 6.54. The molecule has 0 unspecified atom stereocenters. The minimum absolute atomic E-state index is 0.0318. The number of carbonyl (C=O) groups is 1. The molecule has 2 aliphatic rings. The van der Waals surface area contributed by atoms with Crippen molar-refractivity contribution in [2.75, 3.05) is 50.8 Å². The summed E-state index contributed by atoms with van der Waals surface area (Å²) in [6.45, 7) is 12.9. The lowest BCUT2D eigenvalue weighted by Crippen LogP contribution is -2.51. The molecule has 1 N–H and O–H groups in total. The fourth-order valence-corrected chi connectivity index (χ4v) is 4.04. The summed E-state index contributed by atoms with van der Waals surface area (Å²) in [5, 5.41) is 3.18. The topological polar surface area (TPSA) is 44.8 Å². The summed E-state index contributed by atoms with van der Waals surface area (Å²) in [6.07, 6.45) is 2.48. The number of hydrogen-bond donors (Lipinski definition) is 1. The molecule has 2 aliphatic heterocycles. The first kappa shape index (κ1) is 19.2. The molecule has 3 rings (SSSR count). The number of benzene rings is 1. The van der Waals surface area contributed by atoms with E-state index < -0.39 is 0 Å². The van der Waals surface area contributed by atoms with Crippen LogP contribution in [0.1, 0.15) is 42.6 Å². The molecule has 0 aliphatic carbocycles. The van der Waals surface area contributed by atoms with Crippen LogP contribution in [0.3, 0.4) is 0 Å². The molecule has 0 spiro atoms. The van der Waals surface area contributed by atoms with Crippen molar-refractivity contribution < 1.29 is 9.53 Å². The van der Waals surface area contributed by atoms with Crippen molar-refractivity contribution in [3.05, 3.63) is 29.3 Å². The van der Waals surface area contributed by atoms with E-state index in [9.17, 15) is 4.79 Å². The Bertz CT molecular complexity index is 605. The second-order valence-corrected chi connectivity index (χ2v) is 7.87.